The van der Waals surface area contributed by atoms with Crippen molar-refractivity contribution < 1.29 is 132 Å². The van der Waals surface area contributed by atoms with Crippen molar-refractivity contribution in [3.63, 3.8) is 0 Å². The summed E-state index contributed by atoms with van der Waals surface area (Å²) in [5.74, 6) is -65.0. The Morgan fingerprint density at radius 1 is 0.342 bits per heavy atom. The van der Waals surface area contributed by atoms with Gasteiger partial charge in [-0.3, -0.25) is 0 Å². The predicted molar refractivity (Wildman–Crippen MR) is 56.6 cm³/mol. The van der Waals surface area contributed by atoms with Crippen LogP contribution < -0.4 is 27.9 Å². The average Bonchev–Trinajstić information content (AvgIpc) is 2.63. The van der Waals surface area contributed by atoms with Crippen molar-refractivity contribution >= 4 is 0 Å². The minimum absolute atomic E-state index is 1.77. The van der Waals surface area contributed by atoms with E-state index >= 15 is 0 Å². The first-order chi connectivity index (χ1) is 15.9. The summed E-state index contributed by atoms with van der Waals surface area (Å²) in [5.41, 5.74) is -9.08. The molecule has 0 unspecified atom stereocenters. The lowest BCUT2D eigenvalue weighted by molar-refractivity contribution is -1.63. The molecule has 0 fully saturated rings. The fourth-order valence-electron chi connectivity index (χ4n) is 2.03. The molecule has 0 spiro atoms. The Balaban J connectivity index is 7.33. The molecule has 0 aromatic carbocycles. The summed E-state index contributed by atoms with van der Waals surface area (Å²) in [6.07, 6.45) is -24.8. The van der Waals surface area contributed by atoms with Gasteiger partial charge in [0, 0.05) is 0 Å². The van der Waals surface area contributed by atoms with Crippen LogP contribution in [0.3, 0.4) is 0 Å². The number of rotatable bonds is 10. The van der Waals surface area contributed by atoms with Gasteiger partial charge in [0.15, 0.2) is 0 Å². The highest BCUT2D eigenvalue weighted by Gasteiger charge is 3.00. The molecule has 0 saturated heterocycles. The largest absolute Gasteiger partial charge is 0.514 e. The molecule has 0 bridgehead atoms. The molecule has 0 aliphatic carbocycles. The van der Waals surface area contributed by atoms with E-state index in [2.05, 4.69) is 0 Å². The number of halogens is 24. The summed E-state index contributed by atoms with van der Waals surface area (Å²) in [4.78, 5) is 0. The van der Waals surface area contributed by atoms with Crippen LogP contribution >= 0.6 is 0 Å². The van der Waals surface area contributed by atoms with Gasteiger partial charge in [-0.25, -0.2) is 4.39 Å². The second-order valence-corrected chi connectivity index (χ2v) is 7.98. The minimum Gasteiger partial charge on any atom is -0.396 e. The van der Waals surface area contributed by atoms with Gasteiger partial charge >= 0.3 is 86.7 Å². The van der Waals surface area contributed by atoms with E-state index in [1.807, 2.05) is 0 Å². The third-order valence-electron chi connectivity index (χ3n) is 4.11. The number of alkyl halides is 23. The van der Waals surface area contributed by atoms with Gasteiger partial charge < -0.3 is 6.87 Å². The van der Waals surface area contributed by atoms with Gasteiger partial charge in [-0.1, -0.05) is 0 Å². The van der Waals surface area contributed by atoms with Crippen molar-refractivity contribution in [2.75, 3.05) is 0 Å². The first kappa shape index (κ1) is 37.0. The molecule has 0 aliphatic rings. The number of hydrogen-bond donors (Lipinski definition) is 0. The standard InChI is InChI=1S/C11F23IO3/c12-1(9(27,28)29,10(30,31)32)2(13,14)3(15,16)4(17,18)5(19,20)6(21,22)7(23,24)8(25,26)11(33,34)38-35(36)37. The molecule has 0 aromatic rings. The second kappa shape index (κ2) is 9.26. The van der Waals surface area contributed by atoms with Crippen LogP contribution in [-0.4, -0.2) is 65.6 Å². The van der Waals surface area contributed by atoms with Crippen molar-refractivity contribution in [3.05, 3.63) is 0 Å². The Kier molecular flexibility index (Phi) is 9.02. The van der Waals surface area contributed by atoms with E-state index in [-0.39, 0.29) is 0 Å². The van der Waals surface area contributed by atoms with E-state index in [4.69, 9.17) is 0 Å². The van der Waals surface area contributed by atoms with E-state index in [0.29, 0.717) is 0 Å². The lowest BCUT2D eigenvalue weighted by atomic mass is 9.83. The third kappa shape index (κ3) is 4.58. The van der Waals surface area contributed by atoms with Crippen molar-refractivity contribution in [1.82, 2.24) is 0 Å². The summed E-state index contributed by atoms with van der Waals surface area (Å²) >= 11 is -6.50. The van der Waals surface area contributed by atoms with Crippen LogP contribution in [0.25, 0.3) is 0 Å². The Morgan fingerprint density at radius 2 is 0.553 bits per heavy atom. The summed E-state index contributed by atoms with van der Waals surface area (Å²) < 4.78 is 321. The molecule has 3 nitrogen and oxygen atoms in total. The molecular formula is C11F23IO3. The zero-order chi connectivity index (χ0) is 31.8. The van der Waals surface area contributed by atoms with Gasteiger partial charge in [0.05, 0.1) is 3.07 Å². The molecule has 0 N–H and O–H groups in total. The van der Waals surface area contributed by atoms with Gasteiger partial charge in [0.25, 0.3) is 0 Å². The van der Waals surface area contributed by atoms with Crippen LogP contribution in [0.15, 0.2) is 0 Å². The average molecular weight is 744 g/mol. The van der Waals surface area contributed by atoms with Gasteiger partial charge in [0.2, 0.25) is 0 Å². The summed E-state index contributed by atoms with van der Waals surface area (Å²) in [7, 11) is 0. The van der Waals surface area contributed by atoms with Gasteiger partial charge in [-0.2, -0.15) is 96.6 Å². The lowest BCUT2D eigenvalue weighted by Gasteiger charge is -2.45. The van der Waals surface area contributed by atoms with Crippen LogP contribution in [0.1, 0.15) is 0 Å². The van der Waals surface area contributed by atoms with E-state index in [9.17, 15) is 108 Å². The Bertz CT molecular complexity index is 842. The molecule has 0 heterocycles. The maximum atomic E-state index is 13.5. The molecule has 0 amide bonds. The van der Waals surface area contributed by atoms with Crippen LogP contribution in [0.2, 0.25) is 0 Å². The molecule has 0 atom stereocenters. The third-order valence-corrected chi connectivity index (χ3v) is 5.02. The van der Waals surface area contributed by atoms with Crippen LogP contribution in [0.4, 0.5) is 101 Å². The van der Waals surface area contributed by atoms with Crippen LogP contribution in [-0.2, 0) is 3.07 Å². The van der Waals surface area contributed by atoms with E-state index in [1.165, 1.54) is 0 Å². The highest BCUT2D eigenvalue weighted by Crippen LogP contribution is 2.67. The Morgan fingerprint density at radius 3 is 0.763 bits per heavy atom. The van der Waals surface area contributed by atoms with E-state index < -0.39 is 86.7 Å². The molecule has 0 rings (SSSR count). The Labute approximate surface area is 198 Å². The molecule has 38 heavy (non-hydrogen) atoms. The van der Waals surface area contributed by atoms with Crippen molar-refractivity contribution in [2.45, 2.75) is 65.6 Å². The molecule has 27 heteroatoms. The van der Waals surface area contributed by atoms with Gasteiger partial charge in [-0.05, 0) is 0 Å². The number of hydrogen-bond acceptors (Lipinski definition) is 3. The summed E-state index contributed by atoms with van der Waals surface area (Å²) in [5, 5.41) is 0. The molecule has 0 aliphatic heterocycles. The van der Waals surface area contributed by atoms with Crippen LogP contribution in [0, 0.1) is 0 Å². The molecule has 0 aromatic heterocycles. The van der Waals surface area contributed by atoms with Crippen LogP contribution in [0.5, 0.6) is 0 Å². The zero-order valence-corrected chi connectivity index (χ0v) is 18.0. The Hall–Kier alpha value is -1.00. The van der Waals surface area contributed by atoms with Gasteiger partial charge in [0.1, 0.15) is 0 Å². The zero-order valence-electron chi connectivity index (χ0n) is 15.8. The summed E-state index contributed by atoms with van der Waals surface area (Å²) in [6, 6.07) is 0. The normalized spacial score (nSPS) is 16.9. The topological polar surface area (TPSA) is 55.3 Å². The smallest absolute Gasteiger partial charge is 0.396 e. The molecule has 230 valence electrons. The predicted octanol–water partition coefficient (Wildman–Crippen LogP) is 1.97. The second-order valence-electron chi connectivity index (χ2n) is 6.46. The maximum Gasteiger partial charge on any atom is 0.514 e. The first-order valence-corrected chi connectivity index (χ1v) is 10.2. The lowest BCUT2D eigenvalue weighted by Crippen LogP contribution is -3.99. The monoisotopic (exact) mass is 744 g/mol. The van der Waals surface area contributed by atoms with E-state index in [1.54, 1.807) is 3.07 Å². The fraction of sp³-hybridized carbons (Fsp3) is 1.00. The highest BCUT2D eigenvalue weighted by atomic mass is 127. The SMILES string of the molecule is [O-][I+2]([O-])OC(F)(F)C(F)(F)C(F)(F)C(F)(F)C(F)(F)C(F)(F)C(F)(F)C(F)(F)C(F)(C(F)(F)F)C(F)(F)F. The molecule has 0 radical (unpaired) electrons. The van der Waals surface area contributed by atoms with Gasteiger partial charge in [-0.15, -0.1) is 0 Å². The maximum absolute atomic E-state index is 13.5. The van der Waals surface area contributed by atoms with Crippen molar-refractivity contribution in [3.8, 4) is 0 Å². The van der Waals surface area contributed by atoms with E-state index in [0.717, 1.165) is 0 Å². The molecular weight excluding hydrogens is 744 g/mol. The first-order valence-electron chi connectivity index (χ1n) is 7.51. The van der Waals surface area contributed by atoms with Crippen molar-refractivity contribution in [2.24, 2.45) is 0 Å². The minimum atomic E-state index is -9.58. The fourth-order valence-corrected chi connectivity index (χ4v) is 2.76. The summed E-state index contributed by atoms with van der Waals surface area (Å²) in [6.45, 7) is 0. The quantitative estimate of drug-likeness (QED) is 0.254. The highest BCUT2D eigenvalue weighted by molar-refractivity contribution is 5.20. The van der Waals surface area contributed by atoms with Crippen molar-refractivity contribution in [1.29, 1.82) is 0 Å². The molecule has 0 saturated carbocycles.